The summed E-state index contributed by atoms with van der Waals surface area (Å²) in [7, 11) is 1.66. The van der Waals surface area contributed by atoms with Gasteiger partial charge in [0.05, 0.1) is 12.8 Å². The molecule has 2 rings (SSSR count). The van der Waals surface area contributed by atoms with E-state index in [1.54, 1.807) is 18.9 Å². The third-order valence-electron chi connectivity index (χ3n) is 3.40. The normalized spacial score (nSPS) is 10.7. The lowest BCUT2D eigenvalue weighted by Gasteiger charge is -2.12. The van der Waals surface area contributed by atoms with Gasteiger partial charge < -0.3 is 14.8 Å². The fraction of sp³-hybridized carbons (Fsp3) is 0.350. The number of hydrogen-bond acceptors (Lipinski definition) is 4. The van der Waals surface area contributed by atoms with Crippen molar-refractivity contribution >= 4 is 23.4 Å². The molecular weight excluding hydrogens is 336 g/mol. The van der Waals surface area contributed by atoms with Gasteiger partial charge in [-0.2, -0.15) is 0 Å². The molecule has 5 heteroatoms. The number of carbonyl (C=O) groups is 1. The highest BCUT2D eigenvalue weighted by molar-refractivity contribution is 7.98. The first-order chi connectivity index (χ1) is 12.1. The molecule has 0 aliphatic rings. The Kier molecular flexibility index (Phi) is 7.82. The number of thioether (sulfide) groups is 1. The van der Waals surface area contributed by atoms with Crippen LogP contribution in [0.5, 0.6) is 5.75 Å². The lowest BCUT2D eigenvalue weighted by atomic mass is 10.2. The molecule has 1 amide bonds. The maximum absolute atomic E-state index is 12.0. The van der Waals surface area contributed by atoms with E-state index < -0.39 is 0 Å². The van der Waals surface area contributed by atoms with Crippen LogP contribution in [0.3, 0.4) is 0 Å². The zero-order valence-corrected chi connectivity index (χ0v) is 15.8. The van der Waals surface area contributed by atoms with Gasteiger partial charge in [0, 0.05) is 17.3 Å². The molecule has 0 fully saturated rings. The van der Waals surface area contributed by atoms with Crippen LogP contribution in [0.2, 0.25) is 0 Å². The Morgan fingerprint density at radius 1 is 1.16 bits per heavy atom. The van der Waals surface area contributed by atoms with E-state index in [-0.39, 0.29) is 12.5 Å². The SMILES string of the molecule is COc1ccc([14CH2]Sc2ccccc2NC(=O)COCC(C)C)cc1. The Morgan fingerprint density at radius 2 is 1.88 bits per heavy atom. The van der Waals surface area contributed by atoms with Gasteiger partial charge in [-0.1, -0.05) is 38.1 Å². The van der Waals surface area contributed by atoms with E-state index in [9.17, 15) is 4.79 Å². The van der Waals surface area contributed by atoms with Crippen molar-refractivity contribution in [2.75, 3.05) is 25.6 Å². The molecule has 0 unspecified atom stereocenters. The number of benzene rings is 2. The number of nitrogens with one attached hydrogen (secondary N) is 1. The lowest BCUT2D eigenvalue weighted by Crippen LogP contribution is -2.20. The summed E-state index contributed by atoms with van der Waals surface area (Å²) < 4.78 is 10.6. The molecule has 0 saturated heterocycles. The van der Waals surface area contributed by atoms with Gasteiger partial charge in [-0.25, -0.2) is 0 Å². The van der Waals surface area contributed by atoms with E-state index in [4.69, 9.17) is 9.47 Å². The summed E-state index contributed by atoms with van der Waals surface area (Å²) in [6, 6.07) is 15.8. The zero-order chi connectivity index (χ0) is 18.1. The molecule has 0 aliphatic heterocycles. The largest absolute Gasteiger partial charge is 0.497 e. The lowest BCUT2D eigenvalue weighted by molar-refractivity contribution is -0.120. The number of methoxy groups -OCH3 is 1. The molecule has 0 atom stereocenters. The summed E-state index contributed by atoms with van der Waals surface area (Å²) in [6.07, 6.45) is 0. The molecule has 0 aliphatic carbocycles. The van der Waals surface area contributed by atoms with Gasteiger partial charge in [-0.05, 0) is 35.7 Å². The number of anilines is 1. The van der Waals surface area contributed by atoms with Crippen molar-refractivity contribution in [2.45, 2.75) is 24.5 Å². The highest BCUT2D eigenvalue weighted by Crippen LogP contribution is 2.30. The van der Waals surface area contributed by atoms with E-state index in [1.165, 1.54) is 5.56 Å². The van der Waals surface area contributed by atoms with E-state index in [0.29, 0.717) is 12.5 Å². The van der Waals surface area contributed by atoms with E-state index >= 15 is 0 Å². The van der Waals surface area contributed by atoms with Crippen molar-refractivity contribution in [1.29, 1.82) is 0 Å². The second-order valence-electron chi connectivity index (χ2n) is 6.09. The molecule has 2 aromatic carbocycles. The first kappa shape index (κ1) is 19.3. The van der Waals surface area contributed by atoms with E-state index in [2.05, 4.69) is 19.2 Å². The van der Waals surface area contributed by atoms with Crippen LogP contribution in [0, 0.1) is 5.92 Å². The zero-order valence-electron chi connectivity index (χ0n) is 15.0. The Bertz CT molecular complexity index is 671. The van der Waals surface area contributed by atoms with Crippen molar-refractivity contribution in [3.8, 4) is 5.75 Å². The Morgan fingerprint density at radius 3 is 2.56 bits per heavy atom. The molecule has 0 bridgehead atoms. The molecule has 0 aromatic heterocycles. The van der Waals surface area contributed by atoms with Gasteiger partial charge in [0.15, 0.2) is 0 Å². The number of ether oxygens (including phenoxy) is 2. The molecular formula is C20H25NO3S. The second kappa shape index (κ2) is 10.1. The molecule has 0 saturated carbocycles. The molecule has 4 nitrogen and oxygen atoms in total. The predicted molar refractivity (Wildman–Crippen MR) is 103 cm³/mol. The fourth-order valence-corrected chi connectivity index (χ4v) is 3.12. The van der Waals surface area contributed by atoms with Crippen molar-refractivity contribution in [2.24, 2.45) is 5.92 Å². The topological polar surface area (TPSA) is 47.6 Å². The van der Waals surface area contributed by atoms with Crippen LogP contribution in [0.4, 0.5) is 5.69 Å². The summed E-state index contributed by atoms with van der Waals surface area (Å²) >= 11 is 1.69. The predicted octanol–water partition coefficient (Wildman–Crippen LogP) is 4.60. The van der Waals surface area contributed by atoms with Gasteiger partial charge in [-0.3, -0.25) is 4.79 Å². The molecule has 2 aromatic rings. The van der Waals surface area contributed by atoms with Crippen LogP contribution < -0.4 is 10.1 Å². The molecule has 0 radical (unpaired) electrons. The third-order valence-corrected chi connectivity index (χ3v) is 4.54. The Labute approximate surface area is 153 Å². The van der Waals surface area contributed by atoms with E-state index in [0.717, 1.165) is 22.1 Å². The van der Waals surface area contributed by atoms with Gasteiger partial charge in [-0.15, -0.1) is 11.8 Å². The minimum absolute atomic E-state index is 0.0790. The summed E-state index contributed by atoms with van der Waals surface area (Å²) in [5.41, 5.74) is 2.02. The third kappa shape index (κ3) is 6.80. The molecule has 0 spiro atoms. The summed E-state index contributed by atoms with van der Waals surface area (Å²) in [6.45, 7) is 4.78. The maximum atomic E-state index is 12.0. The minimum atomic E-state index is -0.127. The van der Waals surface area contributed by atoms with E-state index in [1.807, 2.05) is 48.5 Å². The number of rotatable bonds is 9. The fourth-order valence-electron chi connectivity index (χ4n) is 2.15. The van der Waals surface area contributed by atoms with Crippen molar-refractivity contribution in [1.82, 2.24) is 0 Å². The average Bonchev–Trinajstić information content (AvgIpc) is 2.61. The first-order valence-corrected chi connectivity index (χ1v) is 9.29. The van der Waals surface area contributed by atoms with Crippen LogP contribution in [0.1, 0.15) is 19.4 Å². The standard InChI is InChI=1S/C20H25NO3S/c1-15(2)12-24-13-20(22)21-18-6-4-5-7-19(18)25-14-16-8-10-17(23-3)11-9-16/h4-11,15H,12-14H2,1-3H3,(H,21,22)/i14+2. The highest BCUT2D eigenvalue weighted by atomic mass is 32.2. The monoisotopic (exact) mass is 361 g/mol. The first-order valence-electron chi connectivity index (χ1n) is 8.31. The van der Waals surface area contributed by atoms with Crippen LogP contribution in [0.25, 0.3) is 0 Å². The number of carbonyl (C=O) groups excluding carboxylic acids is 1. The molecule has 0 heterocycles. The van der Waals surface area contributed by atoms with Gasteiger partial charge in [0.2, 0.25) is 5.91 Å². The average molecular weight is 361 g/mol. The van der Waals surface area contributed by atoms with Crippen molar-refractivity contribution in [3.63, 3.8) is 0 Å². The maximum Gasteiger partial charge on any atom is 0.250 e. The number of amides is 1. The Hall–Kier alpha value is -1.98. The number of para-hydroxylation sites is 1. The summed E-state index contributed by atoms with van der Waals surface area (Å²) in [4.78, 5) is 13.1. The van der Waals surface area contributed by atoms with Crippen LogP contribution in [-0.4, -0.2) is 26.2 Å². The molecule has 25 heavy (non-hydrogen) atoms. The van der Waals surface area contributed by atoms with Crippen molar-refractivity contribution < 1.29 is 14.3 Å². The highest BCUT2D eigenvalue weighted by Gasteiger charge is 2.08. The molecule has 134 valence electrons. The number of hydrogen-bond donors (Lipinski definition) is 1. The van der Waals surface area contributed by atoms with Crippen LogP contribution in [0.15, 0.2) is 53.4 Å². The van der Waals surface area contributed by atoms with Gasteiger partial charge >= 0.3 is 0 Å². The molecule has 1 N–H and O–H groups in total. The minimum Gasteiger partial charge on any atom is -0.497 e. The summed E-state index contributed by atoms with van der Waals surface area (Å²) in [5.74, 6) is 1.96. The quantitative estimate of drug-likeness (QED) is 0.663. The van der Waals surface area contributed by atoms with Crippen LogP contribution in [-0.2, 0) is 15.3 Å². The Balaban J connectivity index is 1.91. The van der Waals surface area contributed by atoms with Gasteiger partial charge in [0.1, 0.15) is 12.4 Å². The van der Waals surface area contributed by atoms with Crippen molar-refractivity contribution in [3.05, 3.63) is 54.1 Å². The smallest absolute Gasteiger partial charge is 0.250 e. The van der Waals surface area contributed by atoms with Crippen LogP contribution >= 0.6 is 11.8 Å². The second-order valence-corrected chi connectivity index (χ2v) is 7.11. The summed E-state index contributed by atoms with van der Waals surface area (Å²) in [5, 5.41) is 2.93. The van der Waals surface area contributed by atoms with Gasteiger partial charge in [0.25, 0.3) is 0 Å².